The van der Waals surface area contributed by atoms with Gasteiger partial charge in [0.1, 0.15) is 0 Å². The van der Waals surface area contributed by atoms with Crippen molar-refractivity contribution in [3.8, 4) is 0 Å². The average molecular weight is 273 g/mol. The van der Waals surface area contributed by atoms with Crippen LogP contribution in [0, 0.1) is 0 Å². The van der Waals surface area contributed by atoms with Crippen molar-refractivity contribution in [3.63, 3.8) is 0 Å². The van der Waals surface area contributed by atoms with Crippen molar-refractivity contribution < 1.29 is 0 Å². The number of hydrogen-bond acceptors (Lipinski definition) is 3. The normalized spacial score (nSPS) is 12.3. The van der Waals surface area contributed by atoms with Crippen LogP contribution >= 0.6 is 0 Å². The smallest absolute Gasteiger partial charge is 0.0698 e. The minimum absolute atomic E-state index is 0.768. The Morgan fingerprint density at radius 3 is 1.67 bits per heavy atom. The summed E-state index contributed by atoms with van der Waals surface area (Å²) in [5.74, 6) is 0. The van der Waals surface area contributed by atoms with Gasteiger partial charge < -0.3 is 16.0 Å². The van der Waals surface area contributed by atoms with E-state index in [1.54, 1.807) is 0 Å². The van der Waals surface area contributed by atoms with E-state index in [0.717, 1.165) is 34.1 Å². The van der Waals surface area contributed by atoms with Crippen LogP contribution in [-0.4, -0.2) is 0 Å². The molecule has 21 heavy (non-hydrogen) atoms. The van der Waals surface area contributed by atoms with E-state index in [1.165, 1.54) is 0 Å². The van der Waals surface area contributed by atoms with Gasteiger partial charge in [-0.1, -0.05) is 36.4 Å². The van der Waals surface area contributed by atoms with Crippen molar-refractivity contribution in [2.75, 3.05) is 16.0 Å². The van der Waals surface area contributed by atoms with Crippen LogP contribution < -0.4 is 16.0 Å². The minimum atomic E-state index is 0.768. The summed E-state index contributed by atoms with van der Waals surface area (Å²) in [7, 11) is 0. The van der Waals surface area contributed by atoms with E-state index in [0.29, 0.717) is 0 Å². The summed E-state index contributed by atoms with van der Waals surface area (Å²) in [6, 6.07) is 24.5. The van der Waals surface area contributed by atoms with E-state index in [-0.39, 0.29) is 0 Å². The topological polar surface area (TPSA) is 41.3 Å². The standard InChI is InChI=1S/C18H15N3/c19-13-7-1-4-10-16(13)21-17-11-5-2-8-14(17)20-15-9-3-6-12-18(15)21/h1-12,20H,19H2. The van der Waals surface area contributed by atoms with Gasteiger partial charge in [-0.3, -0.25) is 0 Å². The lowest BCUT2D eigenvalue weighted by atomic mass is 10.1. The molecule has 3 heteroatoms. The van der Waals surface area contributed by atoms with E-state index >= 15 is 0 Å². The number of nitrogens with zero attached hydrogens (tertiary/aromatic N) is 1. The molecule has 0 aromatic heterocycles. The first-order chi connectivity index (χ1) is 10.3. The molecule has 3 aromatic carbocycles. The summed E-state index contributed by atoms with van der Waals surface area (Å²) in [6.07, 6.45) is 0. The van der Waals surface area contributed by atoms with Crippen molar-refractivity contribution in [1.82, 2.24) is 0 Å². The van der Waals surface area contributed by atoms with Crippen LogP contribution in [0.3, 0.4) is 0 Å². The SMILES string of the molecule is Nc1ccccc1N1c2ccccc2Nc2ccccc21. The Labute approximate surface area is 123 Å². The highest BCUT2D eigenvalue weighted by atomic mass is 15.2. The highest BCUT2D eigenvalue weighted by Gasteiger charge is 2.24. The molecule has 0 spiro atoms. The molecule has 3 nitrogen and oxygen atoms in total. The number of nitrogens with two attached hydrogens (primary N) is 1. The van der Waals surface area contributed by atoms with Gasteiger partial charge in [-0.05, 0) is 36.4 Å². The quantitative estimate of drug-likeness (QED) is 0.490. The zero-order chi connectivity index (χ0) is 14.2. The molecule has 3 aromatic rings. The fourth-order valence-corrected chi connectivity index (χ4v) is 2.77. The number of benzene rings is 3. The maximum absolute atomic E-state index is 6.20. The Morgan fingerprint density at radius 2 is 1.10 bits per heavy atom. The molecule has 3 N–H and O–H groups in total. The Balaban J connectivity index is 2.00. The van der Waals surface area contributed by atoms with Gasteiger partial charge in [0, 0.05) is 0 Å². The molecule has 1 aliphatic rings. The molecule has 1 aliphatic heterocycles. The largest absolute Gasteiger partial charge is 0.397 e. The summed E-state index contributed by atoms with van der Waals surface area (Å²) in [5.41, 5.74) is 12.3. The first-order valence-electron chi connectivity index (χ1n) is 6.94. The van der Waals surface area contributed by atoms with Gasteiger partial charge in [0.25, 0.3) is 0 Å². The molecule has 1 heterocycles. The fourth-order valence-electron chi connectivity index (χ4n) is 2.77. The second-order valence-electron chi connectivity index (χ2n) is 5.05. The van der Waals surface area contributed by atoms with Crippen molar-refractivity contribution in [2.24, 2.45) is 0 Å². The third-order valence-electron chi connectivity index (χ3n) is 3.74. The molecule has 0 fully saturated rings. The number of nitrogen functional groups attached to an aromatic ring is 1. The molecule has 4 rings (SSSR count). The number of hydrogen-bond donors (Lipinski definition) is 2. The lowest BCUT2D eigenvalue weighted by molar-refractivity contribution is 1.25. The first-order valence-corrected chi connectivity index (χ1v) is 6.94. The lowest BCUT2D eigenvalue weighted by Crippen LogP contribution is -2.18. The summed E-state index contributed by atoms with van der Waals surface area (Å²) in [5, 5.41) is 3.48. The molecule has 0 unspecified atom stereocenters. The maximum Gasteiger partial charge on any atom is 0.0698 e. The Hall–Kier alpha value is -2.94. The molecule has 0 saturated carbocycles. The molecule has 0 aliphatic carbocycles. The molecule has 0 atom stereocenters. The minimum Gasteiger partial charge on any atom is -0.397 e. The second kappa shape index (κ2) is 4.56. The fraction of sp³-hybridized carbons (Fsp3) is 0. The van der Waals surface area contributed by atoms with Crippen LogP contribution in [0.1, 0.15) is 0 Å². The maximum atomic E-state index is 6.20. The van der Waals surface area contributed by atoms with Gasteiger partial charge in [-0.2, -0.15) is 0 Å². The van der Waals surface area contributed by atoms with E-state index in [2.05, 4.69) is 34.5 Å². The molecule has 0 saturated heterocycles. The zero-order valence-corrected chi connectivity index (χ0v) is 11.5. The van der Waals surface area contributed by atoms with Crippen LogP contribution in [0.4, 0.5) is 34.1 Å². The second-order valence-corrected chi connectivity index (χ2v) is 5.05. The van der Waals surface area contributed by atoms with Crippen molar-refractivity contribution in [3.05, 3.63) is 72.8 Å². The highest BCUT2D eigenvalue weighted by Crippen LogP contribution is 2.48. The first kappa shape index (κ1) is 11.9. The number of rotatable bonds is 1. The van der Waals surface area contributed by atoms with E-state index in [9.17, 15) is 0 Å². The predicted octanol–water partition coefficient (Wildman–Crippen LogP) is 4.80. The monoisotopic (exact) mass is 273 g/mol. The van der Waals surface area contributed by atoms with Gasteiger partial charge in [0.15, 0.2) is 0 Å². The van der Waals surface area contributed by atoms with Crippen molar-refractivity contribution >= 4 is 34.1 Å². The molecule has 102 valence electrons. The molecule has 0 bridgehead atoms. The van der Waals surface area contributed by atoms with Crippen LogP contribution in [0.5, 0.6) is 0 Å². The van der Waals surface area contributed by atoms with Gasteiger partial charge in [0.2, 0.25) is 0 Å². The number of fused-ring (bicyclic) bond motifs is 2. The average Bonchev–Trinajstić information content (AvgIpc) is 2.53. The summed E-state index contributed by atoms with van der Waals surface area (Å²) in [6.45, 7) is 0. The predicted molar refractivity (Wildman–Crippen MR) is 88.8 cm³/mol. The highest BCUT2D eigenvalue weighted by molar-refractivity contribution is 5.98. The van der Waals surface area contributed by atoms with E-state index in [1.807, 2.05) is 48.5 Å². The van der Waals surface area contributed by atoms with Crippen molar-refractivity contribution in [2.45, 2.75) is 0 Å². The van der Waals surface area contributed by atoms with Crippen LogP contribution in [0.15, 0.2) is 72.8 Å². The van der Waals surface area contributed by atoms with Crippen molar-refractivity contribution in [1.29, 1.82) is 0 Å². The van der Waals surface area contributed by atoms with Crippen LogP contribution in [0.25, 0.3) is 0 Å². The van der Waals surface area contributed by atoms with E-state index in [4.69, 9.17) is 5.73 Å². The third kappa shape index (κ3) is 1.82. The molecular weight excluding hydrogens is 258 g/mol. The van der Waals surface area contributed by atoms with Gasteiger partial charge in [-0.15, -0.1) is 0 Å². The van der Waals surface area contributed by atoms with Gasteiger partial charge in [0.05, 0.1) is 34.1 Å². The summed E-state index contributed by atoms with van der Waals surface area (Å²) >= 11 is 0. The van der Waals surface area contributed by atoms with Gasteiger partial charge in [-0.25, -0.2) is 0 Å². The number of nitrogens with one attached hydrogen (secondary N) is 1. The number of anilines is 6. The number of para-hydroxylation sites is 6. The van der Waals surface area contributed by atoms with E-state index < -0.39 is 0 Å². The summed E-state index contributed by atoms with van der Waals surface area (Å²) < 4.78 is 0. The molecule has 0 radical (unpaired) electrons. The van der Waals surface area contributed by atoms with Crippen LogP contribution in [0.2, 0.25) is 0 Å². The Morgan fingerprint density at radius 1 is 0.619 bits per heavy atom. The molecular formula is C18H15N3. The Bertz CT molecular complexity index is 750. The van der Waals surface area contributed by atoms with Crippen LogP contribution in [-0.2, 0) is 0 Å². The zero-order valence-electron chi connectivity index (χ0n) is 11.5. The van der Waals surface area contributed by atoms with Gasteiger partial charge >= 0.3 is 0 Å². The summed E-state index contributed by atoms with van der Waals surface area (Å²) in [4.78, 5) is 2.20. The third-order valence-corrected chi connectivity index (χ3v) is 3.74. The Kier molecular flexibility index (Phi) is 2.57. The molecule has 0 amide bonds. The lowest BCUT2D eigenvalue weighted by Gasteiger charge is -2.34.